The van der Waals surface area contributed by atoms with Gasteiger partial charge in [-0.05, 0) is 22.0 Å². The normalized spacial score (nSPS) is 9.31. The van der Waals surface area contributed by atoms with Crippen LogP contribution in [0.15, 0.2) is 35.5 Å². The zero-order chi connectivity index (χ0) is 9.84. The van der Waals surface area contributed by atoms with Gasteiger partial charge in [0.1, 0.15) is 10.2 Å². The quantitative estimate of drug-likeness (QED) is 0.466. The van der Waals surface area contributed by atoms with Gasteiger partial charge >= 0.3 is 0 Å². The van der Waals surface area contributed by atoms with E-state index in [4.69, 9.17) is 4.74 Å². The molecule has 0 N–H and O–H groups in total. The van der Waals surface area contributed by atoms with Crippen molar-refractivity contribution in [1.82, 2.24) is 0 Å². The van der Waals surface area contributed by atoms with Crippen LogP contribution < -0.4 is 4.74 Å². The molecule has 4 nitrogen and oxygen atoms in total. The van der Waals surface area contributed by atoms with Crippen LogP contribution in [0.2, 0.25) is 0 Å². The van der Waals surface area contributed by atoms with E-state index in [2.05, 4.69) is 22.5 Å². The predicted molar refractivity (Wildman–Crippen MR) is 51.6 cm³/mol. The summed E-state index contributed by atoms with van der Waals surface area (Å²) >= 11 is 3.07. The molecule has 13 heavy (non-hydrogen) atoms. The minimum absolute atomic E-state index is 0.0284. The first kappa shape index (κ1) is 9.73. The molecule has 0 atom stereocenters. The van der Waals surface area contributed by atoms with E-state index in [9.17, 15) is 10.1 Å². The molecule has 0 saturated carbocycles. The molecule has 0 amide bonds. The van der Waals surface area contributed by atoms with Gasteiger partial charge in [0.15, 0.2) is 0 Å². The van der Waals surface area contributed by atoms with Crippen LogP contribution in [0.3, 0.4) is 0 Å². The largest absolute Gasteiger partial charge is 0.464 e. The average Bonchev–Trinajstić information content (AvgIpc) is 2.08. The molecule has 0 heterocycles. The Balaban J connectivity index is 3.17. The summed E-state index contributed by atoms with van der Waals surface area (Å²) < 4.78 is 5.26. The number of nitro benzene ring substituents is 1. The van der Waals surface area contributed by atoms with Crippen molar-refractivity contribution in [3.8, 4) is 5.75 Å². The molecule has 1 aromatic carbocycles. The fourth-order valence-electron chi connectivity index (χ4n) is 0.821. The van der Waals surface area contributed by atoms with E-state index in [1.54, 1.807) is 12.1 Å². The number of nitrogens with zero attached hydrogens (tertiary/aromatic N) is 1. The molecular weight excluding hydrogens is 238 g/mol. The molecule has 0 unspecified atom stereocenters. The van der Waals surface area contributed by atoms with E-state index in [0.717, 1.165) is 0 Å². The van der Waals surface area contributed by atoms with Gasteiger partial charge in [-0.3, -0.25) is 10.1 Å². The molecule has 0 bridgehead atoms. The zero-order valence-electron chi connectivity index (χ0n) is 6.57. The molecular formula is C8H6BrNO3. The molecule has 0 radical (unpaired) electrons. The molecule has 0 spiro atoms. The molecule has 0 saturated heterocycles. The number of hydrogen-bond donors (Lipinski definition) is 0. The van der Waals surface area contributed by atoms with Crippen molar-refractivity contribution in [3.05, 3.63) is 45.6 Å². The first-order chi connectivity index (χ1) is 6.16. The monoisotopic (exact) mass is 243 g/mol. The summed E-state index contributed by atoms with van der Waals surface area (Å²) in [5, 5.41) is 10.5. The van der Waals surface area contributed by atoms with Crippen LogP contribution >= 0.6 is 15.9 Å². The fraction of sp³-hybridized carbons (Fsp3) is 0. The van der Waals surface area contributed by atoms with E-state index in [0.29, 0.717) is 10.2 Å². The molecule has 0 aromatic heterocycles. The summed E-state index contributed by atoms with van der Waals surface area (Å²) in [5.41, 5.74) is -0.0284. The van der Waals surface area contributed by atoms with Crippen molar-refractivity contribution in [2.75, 3.05) is 0 Å². The number of benzene rings is 1. The summed E-state index contributed by atoms with van der Waals surface area (Å²) in [6.07, 6.45) is 1.21. The van der Waals surface area contributed by atoms with Crippen molar-refractivity contribution >= 4 is 21.6 Å². The van der Waals surface area contributed by atoms with Gasteiger partial charge in [-0.1, -0.05) is 12.6 Å². The topological polar surface area (TPSA) is 52.4 Å². The maximum Gasteiger partial charge on any atom is 0.287 e. The Labute approximate surface area is 83.1 Å². The molecule has 0 aliphatic heterocycles. The summed E-state index contributed by atoms with van der Waals surface area (Å²) in [4.78, 5) is 9.99. The van der Waals surface area contributed by atoms with E-state index in [1.807, 2.05) is 0 Å². The Hall–Kier alpha value is -1.36. The Kier molecular flexibility index (Phi) is 3.02. The smallest absolute Gasteiger partial charge is 0.287 e. The lowest BCUT2D eigenvalue weighted by atomic mass is 10.3. The highest BCUT2D eigenvalue weighted by atomic mass is 79.9. The van der Waals surface area contributed by atoms with Crippen molar-refractivity contribution in [2.45, 2.75) is 0 Å². The van der Waals surface area contributed by atoms with Crippen LogP contribution in [0, 0.1) is 10.1 Å². The lowest BCUT2D eigenvalue weighted by Crippen LogP contribution is -1.91. The molecule has 0 aliphatic carbocycles. The molecule has 0 fully saturated rings. The second-order valence-corrected chi connectivity index (χ2v) is 2.92. The van der Waals surface area contributed by atoms with Crippen LogP contribution in [0.1, 0.15) is 0 Å². The first-order valence-corrected chi connectivity index (χ1v) is 4.16. The fourth-order valence-corrected chi connectivity index (χ4v) is 1.32. The third-order valence-corrected chi connectivity index (χ3v) is 2.15. The summed E-state index contributed by atoms with van der Waals surface area (Å²) in [6, 6.07) is 4.54. The zero-order valence-corrected chi connectivity index (χ0v) is 8.15. The minimum Gasteiger partial charge on any atom is -0.464 e. The SMILES string of the molecule is C=COc1cccc([N+](=O)[O-])c1Br. The van der Waals surface area contributed by atoms with E-state index < -0.39 is 4.92 Å². The maximum atomic E-state index is 10.5. The van der Waals surface area contributed by atoms with Gasteiger partial charge in [0.2, 0.25) is 0 Å². The third-order valence-electron chi connectivity index (χ3n) is 1.35. The van der Waals surface area contributed by atoms with Gasteiger partial charge in [-0.25, -0.2) is 0 Å². The number of ether oxygens (including phenoxy) is 1. The van der Waals surface area contributed by atoms with Crippen LogP contribution in [0.5, 0.6) is 5.75 Å². The van der Waals surface area contributed by atoms with Crippen molar-refractivity contribution in [1.29, 1.82) is 0 Å². The van der Waals surface area contributed by atoms with Crippen molar-refractivity contribution in [2.24, 2.45) is 0 Å². The second-order valence-electron chi connectivity index (χ2n) is 2.13. The molecule has 0 aliphatic rings. The number of hydrogen-bond acceptors (Lipinski definition) is 3. The van der Waals surface area contributed by atoms with Gasteiger partial charge in [-0.15, -0.1) is 0 Å². The molecule has 68 valence electrons. The van der Waals surface area contributed by atoms with Crippen LogP contribution in [0.4, 0.5) is 5.69 Å². The number of rotatable bonds is 3. The maximum absolute atomic E-state index is 10.5. The molecule has 5 heteroatoms. The highest BCUT2D eigenvalue weighted by Crippen LogP contribution is 2.33. The summed E-state index contributed by atoms with van der Waals surface area (Å²) in [5.74, 6) is 0.379. The Bertz CT molecular complexity index is 351. The average molecular weight is 244 g/mol. The first-order valence-electron chi connectivity index (χ1n) is 3.37. The van der Waals surface area contributed by atoms with E-state index in [1.165, 1.54) is 12.3 Å². The molecule has 1 aromatic rings. The Morgan fingerprint density at radius 1 is 1.62 bits per heavy atom. The van der Waals surface area contributed by atoms with Gasteiger partial charge in [-0.2, -0.15) is 0 Å². The lowest BCUT2D eigenvalue weighted by molar-refractivity contribution is -0.385. The van der Waals surface area contributed by atoms with E-state index >= 15 is 0 Å². The predicted octanol–water partition coefficient (Wildman–Crippen LogP) is 2.88. The Morgan fingerprint density at radius 3 is 2.85 bits per heavy atom. The lowest BCUT2D eigenvalue weighted by Gasteiger charge is -2.02. The minimum atomic E-state index is -0.486. The number of halogens is 1. The van der Waals surface area contributed by atoms with Crippen LogP contribution in [-0.4, -0.2) is 4.92 Å². The van der Waals surface area contributed by atoms with Crippen molar-refractivity contribution in [3.63, 3.8) is 0 Å². The Morgan fingerprint density at radius 2 is 2.31 bits per heavy atom. The summed E-state index contributed by atoms with van der Waals surface area (Å²) in [7, 11) is 0. The van der Waals surface area contributed by atoms with Gasteiger partial charge in [0.05, 0.1) is 11.2 Å². The highest BCUT2D eigenvalue weighted by Gasteiger charge is 2.14. The van der Waals surface area contributed by atoms with Gasteiger partial charge < -0.3 is 4.74 Å². The number of nitro groups is 1. The van der Waals surface area contributed by atoms with E-state index in [-0.39, 0.29) is 5.69 Å². The highest BCUT2D eigenvalue weighted by molar-refractivity contribution is 9.10. The third kappa shape index (κ3) is 2.06. The van der Waals surface area contributed by atoms with Crippen LogP contribution in [-0.2, 0) is 0 Å². The van der Waals surface area contributed by atoms with Crippen LogP contribution in [0.25, 0.3) is 0 Å². The van der Waals surface area contributed by atoms with Gasteiger partial charge in [0, 0.05) is 6.07 Å². The standard InChI is InChI=1S/C8H6BrNO3/c1-2-13-7-5-3-4-6(8(7)9)10(11)12/h2-5H,1H2. The summed E-state index contributed by atoms with van der Waals surface area (Å²) in [6.45, 7) is 3.36. The van der Waals surface area contributed by atoms with Crippen molar-refractivity contribution < 1.29 is 9.66 Å². The second kappa shape index (κ2) is 4.04. The van der Waals surface area contributed by atoms with Gasteiger partial charge in [0.25, 0.3) is 5.69 Å². The molecule has 1 rings (SSSR count).